The first kappa shape index (κ1) is 63.5. The lowest BCUT2D eigenvalue weighted by atomic mass is 10.0. The predicted molar refractivity (Wildman–Crippen MR) is 275 cm³/mol. The van der Waals surface area contributed by atoms with Gasteiger partial charge in [0.2, 0.25) is 5.91 Å². The topological polar surface area (TPSA) is 108 Å². The summed E-state index contributed by atoms with van der Waals surface area (Å²) < 4.78 is 23.4. The van der Waals surface area contributed by atoms with E-state index in [1.807, 2.05) is 21.1 Å². The lowest BCUT2D eigenvalue weighted by Crippen LogP contribution is -2.46. The number of hydrogen-bond acceptors (Lipinski definition) is 6. The van der Waals surface area contributed by atoms with Gasteiger partial charge >= 0.3 is 0 Å². The van der Waals surface area contributed by atoms with E-state index in [-0.39, 0.29) is 19.1 Å². The molecule has 0 aliphatic heterocycles. The fraction of sp³-hybridized carbons (Fsp3) is 0.982. The van der Waals surface area contributed by atoms with Gasteiger partial charge in [-0.15, -0.1) is 0 Å². The molecule has 0 radical (unpaired) electrons. The van der Waals surface area contributed by atoms with Gasteiger partial charge in [-0.05, 0) is 12.8 Å². The number of nitrogens with one attached hydrogen (secondary N) is 1. The van der Waals surface area contributed by atoms with Crippen molar-refractivity contribution in [1.29, 1.82) is 0 Å². The Kier molecular flexibility index (Phi) is 47.2. The molecular weight excluding hydrogens is 816 g/mol. The number of nitrogens with zero attached hydrogens (tertiary/aromatic N) is 1. The largest absolute Gasteiger partial charge is 0.756 e. The molecule has 0 bridgehead atoms. The second-order valence-electron chi connectivity index (χ2n) is 21.0. The van der Waals surface area contributed by atoms with Gasteiger partial charge in [0.05, 0.1) is 39.9 Å². The molecule has 0 aliphatic carbocycles. The second-order valence-corrected chi connectivity index (χ2v) is 22.4. The lowest BCUT2D eigenvalue weighted by Gasteiger charge is -2.30. The SMILES string of the molecule is CCCCCCCCCCCCCCCCCCCCCCCCCCCCCC(=O)NC(COP(=O)([O-])OCC[N+](C)(C)C)C(O)CCCCCCCCCCCCCCCCC. The zero-order valence-corrected chi connectivity index (χ0v) is 44.7. The summed E-state index contributed by atoms with van der Waals surface area (Å²) in [6, 6.07) is -0.794. The molecule has 0 saturated carbocycles. The van der Waals surface area contributed by atoms with Crippen molar-refractivity contribution in [2.24, 2.45) is 0 Å². The van der Waals surface area contributed by atoms with Crippen molar-refractivity contribution < 1.29 is 32.9 Å². The number of aliphatic hydroxyl groups is 1. The maximum absolute atomic E-state index is 13.0. The van der Waals surface area contributed by atoms with Crippen LogP contribution in [0.1, 0.15) is 296 Å². The van der Waals surface area contributed by atoms with Crippen LogP contribution in [-0.2, 0) is 18.4 Å². The maximum Gasteiger partial charge on any atom is 0.268 e. The number of unbranched alkanes of at least 4 members (excludes halogenated alkanes) is 40. The first-order valence-electron chi connectivity index (χ1n) is 28.4. The molecular formula is C55H113N2O6P. The minimum absolute atomic E-state index is 0.0165. The zero-order valence-electron chi connectivity index (χ0n) is 43.8. The minimum atomic E-state index is -4.56. The van der Waals surface area contributed by atoms with E-state index in [0.29, 0.717) is 23.9 Å². The van der Waals surface area contributed by atoms with Crippen LogP contribution in [0.3, 0.4) is 0 Å². The highest BCUT2D eigenvalue weighted by atomic mass is 31.2. The summed E-state index contributed by atoms with van der Waals surface area (Å²) >= 11 is 0. The Hall–Kier alpha value is -0.500. The standard InChI is InChI=1S/C55H113N2O6P/c1-6-8-10-12-14-16-18-20-22-23-24-25-26-27-28-29-30-31-32-33-35-37-39-41-43-45-47-49-55(59)56-53(52-63-64(60,61)62-51-50-57(3,4)5)54(58)48-46-44-42-40-38-36-34-21-19-17-15-13-11-9-7-2/h53-54,58H,6-52H2,1-5H3,(H-,56,59,60,61). The van der Waals surface area contributed by atoms with Gasteiger partial charge < -0.3 is 28.8 Å². The molecule has 384 valence electrons. The van der Waals surface area contributed by atoms with E-state index in [9.17, 15) is 19.4 Å². The molecule has 9 heteroatoms. The van der Waals surface area contributed by atoms with Crippen LogP contribution < -0.4 is 10.2 Å². The van der Waals surface area contributed by atoms with Gasteiger partial charge in [-0.1, -0.05) is 277 Å². The highest BCUT2D eigenvalue weighted by Gasteiger charge is 2.24. The number of likely N-dealkylation sites (N-methyl/N-ethyl adjacent to an activating group) is 1. The van der Waals surface area contributed by atoms with E-state index in [1.165, 1.54) is 231 Å². The molecule has 0 fully saturated rings. The molecule has 1 amide bonds. The first-order valence-corrected chi connectivity index (χ1v) is 29.8. The van der Waals surface area contributed by atoms with Crippen LogP contribution in [0.2, 0.25) is 0 Å². The van der Waals surface area contributed by atoms with Gasteiger partial charge in [0.15, 0.2) is 0 Å². The Labute approximate surface area is 399 Å². The highest BCUT2D eigenvalue weighted by Crippen LogP contribution is 2.38. The van der Waals surface area contributed by atoms with Crippen molar-refractivity contribution in [3.05, 3.63) is 0 Å². The molecule has 0 aromatic carbocycles. The second kappa shape index (κ2) is 47.6. The third kappa shape index (κ3) is 49.4. The number of carbonyl (C=O) groups is 1. The number of phosphoric ester groups is 1. The molecule has 0 rings (SSSR count). The summed E-state index contributed by atoms with van der Waals surface area (Å²) in [6.45, 7) is 4.77. The number of hydrogen-bond donors (Lipinski definition) is 2. The Bertz CT molecular complexity index is 1010. The van der Waals surface area contributed by atoms with Crippen molar-refractivity contribution in [2.75, 3.05) is 40.9 Å². The molecule has 0 heterocycles. The van der Waals surface area contributed by atoms with Crippen molar-refractivity contribution in [3.8, 4) is 0 Å². The van der Waals surface area contributed by atoms with Crippen LogP contribution >= 0.6 is 7.82 Å². The predicted octanol–water partition coefficient (Wildman–Crippen LogP) is 16.2. The van der Waals surface area contributed by atoms with Crippen molar-refractivity contribution in [1.82, 2.24) is 5.32 Å². The number of rotatable bonds is 53. The van der Waals surface area contributed by atoms with E-state index in [1.54, 1.807) is 0 Å². The molecule has 0 aromatic rings. The number of carbonyl (C=O) groups excluding carboxylic acids is 1. The third-order valence-electron chi connectivity index (χ3n) is 13.3. The van der Waals surface area contributed by atoms with Crippen LogP contribution in [0.15, 0.2) is 0 Å². The normalized spacial score (nSPS) is 13.9. The third-order valence-corrected chi connectivity index (χ3v) is 14.3. The molecule has 8 nitrogen and oxygen atoms in total. The van der Waals surface area contributed by atoms with E-state index in [4.69, 9.17) is 9.05 Å². The minimum Gasteiger partial charge on any atom is -0.756 e. The molecule has 3 unspecified atom stereocenters. The molecule has 0 aromatic heterocycles. The Morgan fingerprint density at radius 2 is 0.766 bits per heavy atom. The summed E-state index contributed by atoms with van der Waals surface area (Å²) in [5.74, 6) is -0.157. The molecule has 64 heavy (non-hydrogen) atoms. The Morgan fingerprint density at radius 3 is 1.06 bits per heavy atom. The smallest absolute Gasteiger partial charge is 0.268 e. The zero-order chi connectivity index (χ0) is 47.1. The molecule has 0 saturated heterocycles. The Morgan fingerprint density at radius 1 is 0.484 bits per heavy atom. The monoisotopic (exact) mass is 929 g/mol. The fourth-order valence-electron chi connectivity index (χ4n) is 8.87. The average molecular weight is 929 g/mol. The van der Waals surface area contributed by atoms with E-state index in [2.05, 4.69) is 19.2 Å². The summed E-state index contributed by atoms with van der Waals surface area (Å²) in [6.07, 6.45) is 55.6. The number of amides is 1. The summed E-state index contributed by atoms with van der Waals surface area (Å²) in [5, 5.41) is 14.0. The van der Waals surface area contributed by atoms with Gasteiger partial charge in [0, 0.05) is 6.42 Å². The molecule has 0 spiro atoms. The van der Waals surface area contributed by atoms with E-state index in [0.717, 1.165) is 38.5 Å². The number of aliphatic hydroxyl groups excluding tert-OH is 1. The van der Waals surface area contributed by atoms with Crippen LogP contribution in [0.4, 0.5) is 0 Å². The van der Waals surface area contributed by atoms with Crippen LogP contribution in [0.5, 0.6) is 0 Å². The highest BCUT2D eigenvalue weighted by molar-refractivity contribution is 7.45. The fourth-order valence-corrected chi connectivity index (χ4v) is 9.59. The van der Waals surface area contributed by atoms with Crippen molar-refractivity contribution in [2.45, 2.75) is 309 Å². The van der Waals surface area contributed by atoms with Gasteiger partial charge in [-0.25, -0.2) is 0 Å². The lowest BCUT2D eigenvalue weighted by molar-refractivity contribution is -0.870. The summed E-state index contributed by atoms with van der Waals surface area (Å²) in [4.78, 5) is 25.5. The van der Waals surface area contributed by atoms with E-state index < -0.39 is 20.0 Å². The van der Waals surface area contributed by atoms with Gasteiger partial charge in [0.1, 0.15) is 13.2 Å². The molecule has 2 N–H and O–H groups in total. The Balaban J connectivity index is 4.06. The molecule has 0 aliphatic rings. The average Bonchev–Trinajstić information content (AvgIpc) is 3.25. The molecule has 3 atom stereocenters. The quantitative estimate of drug-likeness (QED) is 0.0357. The van der Waals surface area contributed by atoms with Crippen LogP contribution in [0, 0.1) is 0 Å². The van der Waals surface area contributed by atoms with Gasteiger partial charge in [-0.3, -0.25) is 9.36 Å². The van der Waals surface area contributed by atoms with Crippen LogP contribution in [0.25, 0.3) is 0 Å². The van der Waals surface area contributed by atoms with Crippen LogP contribution in [-0.4, -0.2) is 68.5 Å². The summed E-state index contributed by atoms with van der Waals surface area (Å²) in [7, 11) is 1.32. The summed E-state index contributed by atoms with van der Waals surface area (Å²) in [5.41, 5.74) is 0. The van der Waals surface area contributed by atoms with E-state index >= 15 is 0 Å². The maximum atomic E-state index is 13.0. The van der Waals surface area contributed by atoms with Gasteiger partial charge in [-0.2, -0.15) is 0 Å². The van der Waals surface area contributed by atoms with Crippen molar-refractivity contribution >= 4 is 13.7 Å². The van der Waals surface area contributed by atoms with Gasteiger partial charge in [0.25, 0.3) is 7.82 Å². The van der Waals surface area contributed by atoms with Crippen molar-refractivity contribution in [3.63, 3.8) is 0 Å². The number of quaternary nitrogens is 1. The number of phosphoric acid groups is 1. The first-order chi connectivity index (χ1) is 31.0.